The number of para-hydroxylation sites is 1. The number of rotatable bonds is 8. The number of anilines is 1. The summed E-state index contributed by atoms with van der Waals surface area (Å²) in [4.78, 5) is 11.2. The van der Waals surface area contributed by atoms with Crippen molar-refractivity contribution in [2.75, 3.05) is 17.9 Å². The monoisotopic (exact) mass is 415 g/mol. The van der Waals surface area contributed by atoms with Gasteiger partial charge >= 0.3 is 0 Å². The van der Waals surface area contributed by atoms with E-state index in [9.17, 15) is 13.2 Å². The molecule has 0 aliphatic carbocycles. The molecule has 2 aromatic carbocycles. The largest absolute Gasteiger partial charge is 0.370 e. The van der Waals surface area contributed by atoms with E-state index in [4.69, 9.17) is 5.73 Å². The lowest BCUT2D eigenvalue weighted by atomic mass is 9.96. The van der Waals surface area contributed by atoms with E-state index in [0.717, 1.165) is 48.9 Å². The lowest BCUT2D eigenvalue weighted by Gasteiger charge is -2.22. The number of nitrogens with zero attached hydrogens (tertiary/aromatic N) is 1. The fourth-order valence-corrected chi connectivity index (χ4v) is 5.35. The fraction of sp³-hybridized carbons (Fsp3) is 0.409. The minimum atomic E-state index is -3.63. The molecule has 0 saturated heterocycles. The molecule has 156 valence electrons. The molecule has 0 radical (unpaired) electrons. The van der Waals surface area contributed by atoms with E-state index < -0.39 is 10.0 Å². The highest BCUT2D eigenvalue weighted by molar-refractivity contribution is 7.92. The van der Waals surface area contributed by atoms with Crippen LogP contribution in [0.2, 0.25) is 0 Å². The number of carbonyl (C=O) groups excluding carboxylic acids is 1. The van der Waals surface area contributed by atoms with Crippen LogP contribution in [0.25, 0.3) is 0 Å². The first kappa shape index (κ1) is 21.3. The summed E-state index contributed by atoms with van der Waals surface area (Å²) in [7, 11) is -2.01. The molecule has 1 unspecified atom stereocenters. The van der Waals surface area contributed by atoms with Crippen molar-refractivity contribution in [2.24, 2.45) is 5.73 Å². The first-order valence-corrected chi connectivity index (χ1v) is 11.5. The number of fused-ring (bicyclic) bond motifs is 2. The quantitative estimate of drug-likeness (QED) is 0.647. The Morgan fingerprint density at radius 1 is 1.07 bits per heavy atom. The molecule has 6 nitrogen and oxygen atoms in total. The third-order valence-corrected chi connectivity index (χ3v) is 7.23. The fourth-order valence-electron chi connectivity index (χ4n) is 3.81. The molecule has 0 bridgehead atoms. The number of primary amides is 1. The van der Waals surface area contributed by atoms with Crippen molar-refractivity contribution in [2.45, 2.75) is 50.0 Å². The Balaban J connectivity index is 1.85. The second kappa shape index (κ2) is 8.97. The van der Waals surface area contributed by atoms with Crippen LogP contribution in [0.3, 0.4) is 0 Å². The minimum Gasteiger partial charge on any atom is -0.370 e. The summed E-state index contributed by atoms with van der Waals surface area (Å²) in [6, 6.07) is 13.1. The Hall–Kier alpha value is -2.38. The maximum Gasteiger partial charge on any atom is 0.264 e. The van der Waals surface area contributed by atoms with Crippen LogP contribution in [0, 0.1) is 6.92 Å². The molecule has 0 spiro atoms. The molecule has 3 rings (SSSR count). The number of unbranched alkanes of at least 4 members (excludes halogenated alkanes) is 3. The molecule has 1 heterocycles. The van der Waals surface area contributed by atoms with Gasteiger partial charge < -0.3 is 11.1 Å². The number of hydrogen-bond donors (Lipinski definition) is 2. The van der Waals surface area contributed by atoms with Gasteiger partial charge in [0, 0.05) is 13.5 Å². The van der Waals surface area contributed by atoms with Gasteiger partial charge in [-0.1, -0.05) is 43.2 Å². The predicted octanol–water partition coefficient (Wildman–Crippen LogP) is 3.25. The van der Waals surface area contributed by atoms with Crippen molar-refractivity contribution in [3.05, 3.63) is 59.2 Å². The van der Waals surface area contributed by atoms with Crippen LogP contribution in [-0.2, 0) is 14.8 Å². The highest BCUT2D eigenvalue weighted by Crippen LogP contribution is 2.40. The smallest absolute Gasteiger partial charge is 0.264 e. The summed E-state index contributed by atoms with van der Waals surface area (Å²) in [5.41, 5.74) is 8.52. The van der Waals surface area contributed by atoms with Gasteiger partial charge in [-0.05, 0) is 55.1 Å². The van der Waals surface area contributed by atoms with Crippen LogP contribution in [0.5, 0.6) is 0 Å². The van der Waals surface area contributed by atoms with Gasteiger partial charge in [-0.15, -0.1) is 0 Å². The van der Waals surface area contributed by atoms with E-state index in [2.05, 4.69) is 5.32 Å². The van der Waals surface area contributed by atoms with Gasteiger partial charge in [0.15, 0.2) is 0 Å². The first-order chi connectivity index (χ1) is 13.8. The van der Waals surface area contributed by atoms with Crippen molar-refractivity contribution in [1.29, 1.82) is 0 Å². The van der Waals surface area contributed by atoms with Crippen molar-refractivity contribution in [3.63, 3.8) is 0 Å². The Morgan fingerprint density at radius 2 is 1.79 bits per heavy atom. The van der Waals surface area contributed by atoms with E-state index >= 15 is 0 Å². The van der Waals surface area contributed by atoms with Gasteiger partial charge in [0.1, 0.15) is 0 Å². The summed E-state index contributed by atoms with van der Waals surface area (Å²) in [5, 5.41) is 3.57. The maximum atomic E-state index is 13.2. The van der Waals surface area contributed by atoms with E-state index in [1.54, 1.807) is 13.1 Å². The maximum absolute atomic E-state index is 13.2. The average Bonchev–Trinajstić information content (AvgIpc) is 2.75. The molecule has 3 N–H and O–H groups in total. The lowest BCUT2D eigenvalue weighted by molar-refractivity contribution is -0.118. The lowest BCUT2D eigenvalue weighted by Crippen LogP contribution is -2.26. The Labute approximate surface area is 173 Å². The molecule has 1 aliphatic heterocycles. The Morgan fingerprint density at radius 3 is 2.55 bits per heavy atom. The van der Waals surface area contributed by atoms with E-state index in [-0.39, 0.29) is 11.9 Å². The van der Waals surface area contributed by atoms with Gasteiger partial charge in [0.25, 0.3) is 10.0 Å². The van der Waals surface area contributed by atoms with Gasteiger partial charge in [-0.3, -0.25) is 9.10 Å². The zero-order valence-corrected chi connectivity index (χ0v) is 17.8. The molecule has 1 atom stereocenters. The average molecular weight is 416 g/mol. The minimum absolute atomic E-state index is 0.202. The molecule has 1 amide bonds. The third-order valence-electron chi connectivity index (χ3n) is 5.40. The Kier molecular flexibility index (Phi) is 6.59. The van der Waals surface area contributed by atoms with Crippen LogP contribution >= 0.6 is 0 Å². The summed E-state index contributed by atoms with van der Waals surface area (Å²) in [6.07, 6.45) is 4.14. The molecule has 29 heavy (non-hydrogen) atoms. The van der Waals surface area contributed by atoms with Gasteiger partial charge in [-0.2, -0.15) is 0 Å². The van der Waals surface area contributed by atoms with Crippen LogP contribution in [0.15, 0.2) is 47.4 Å². The van der Waals surface area contributed by atoms with Crippen molar-refractivity contribution < 1.29 is 13.2 Å². The van der Waals surface area contributed by atoms with Crippen molar-refractivity contribution >= 4 is 21.6 Å². The molecule has 1 aliphatic rings. The van der Waals surface area contributed by atoms with E-state index in [1.807, 2.05) is 43.3 Å². The number of amides is 1. The zero-order chi connectivity index (χ0) is 21.0. The number of carbonyl (C=O) groups is 1. The van der Waals surface area contributed by atoms with Crippen LogP contribution < -0.4 is 15.4 Å². The predicted molar refractivity (Wildman–Crippen MR) is 115 cm³/mol. The number of hydrogen-bond acceptors (Lipinski definition) is 4. The van der Waals surface area contributed by atoms with E-state index in [1.165, 1.54) is 4.31 Å². The molecule has 2 aromatic rings. The highest BCUT2D eigenvalue weighted by atomic mass is 32.2. The SMILES string of the molecule is Cc1ccc2c(c1)S(=O)(=O)N(C)c1ccccc1C2NCCCCCCC(N)=O. The molecule has 0 fully saturated rings. The number of sulfonamides is 1. The molecule has 0 aromatic heterocycles. The number of benzene rings is 2. The number of nitrogens with one attached hydrogen (secondary N) is 1. The summed E-state index contributed by atoms with van der Waals surface area (Å²) in [5.74, 6) is -0.254. The van der Waals surface area contributed by atoms with Crippen molar-refractivity contribution in [3.8, 4) is 0 Å². The molecular formula is C22H29N3O3S. The summed E-state index contributed by atoms with van der Waals surface area (Å²) < 4.78 is 27.9. The third kappa shape index (κ3) is 4.62. The summed E-state index contributed by atoms with van der Waals surface area (Å²) in [6.45, 7) is 2.66. The second-order valence-electron chi connectivity index (χ2n) is 7.59. The number of aryl methyl sites for hydroxylation is 1. The van der Waals surface area contributed by atoms with Crippen molar-refractivity contribution in [1.82, 2.24) is 5.32 Å². The van der Waals surface area contributed by atoms with E-state index in [0.29, 0.717) is 17.0 Å². The first-order valence-electron chi connectivity index (χ1n) is 10.0. The highest BCUT2D eigenvalue weighted by Gasteiger charge is 2.34. The topological polar surface area (TPSA) is 92.5 Å². The standard InChI is InChI=1S/C22H29N3O3S/c1-16-12-13-18-20(15-16)29(27,28)25(2)19-10-7-6-9-17(19)22(18)24-14-8-4-3-5-11-21(23)26/h6-7,9-10,12-13,15,22,24H,3-5,8,11,14H2,1-2H3,(H2,23,26). The van der Waals surface area contributed by atoms with Crippen LogP contribution in [0.1, 0.15) is 54.8 Å². The van der Waals surface area contributed by atoms with Crippen LogP contribution in [0.4, 0.5) is 5.69 Å². The van der Waals surface area contributed by atoms with Crippen LogP contribution in [-0.4, -0.2) is 27.9 Å². The molecule has 0 saturated carbocycles. The second-order valence-corrected chi connectivity index (χ2v) is 9.53. The number of nitrogens with two attached hydrogens (primary N) is 1. The zero-order valence-electron chi connectivity index (χ0n) is 17.0. The molecule has 7 heteroatoms. The normalized spacial score (nSPS) is 17.3. The molecular weight excluding hydrogens is 386 g/mol. The Bertz CT molecular complexity index is 989. The van der Waals surface area contributed by atoms with Gasteiger partial charge in [0.05, 0.1) is 16.6 Å². The summed E-state index contributed by atoms with van der Waals surface area (Å²) >= 11 is 0. The van der Waals surface area contributed by atoms with Gasteiger partial charge in [0.2, 0.25) is 5.91 Å². The van der Waals surface area contributed by atoms with Gasteiger partial charge in [-0.25, -0.2) is 8.42 Å².